The number of ether oxygens (including phenoxy) is 1. The summed E-state index contributed by atoms with van der Waals surface area (Å²) in [6, 6.07) is 6.86. The summed E-state index contributed by atoms with van der Waals surface area (Å²) in [5.41, 5.74) is 2.60. The zero-order valence-corrected chi connectivity index (χ0v) is 15.0. The van der Waals surface area contributed by atoms with Gasteiger partial charge in [0.1, 0.15) is 0 Å². The SMILES string of the molecule is COCC(C)N(C)c1ccc(CNC(C)(C)C)c(Br)c1. The van der Waals surface area contributed by atoms with Crippen LogP contribution in [0.2, 0.25) is 0 Å². The van der Waals surface area contributed by atoms with Crippen LogP contribution in [-0.2, 0) is 11.3 Å². The molecule has 0 aliphatic carbocycles. The summed E-state index contributed by atoms with van der Waals surface area (Å²) in [5, 5.41) is 3.51. The molecule has 0 aliphatic rings. The van der Waals surface area contributed by atoms with Gasteiger partial charge in [0.2, 0.25) is 0 Å². The van der Waals surface area contributed by atoms with Crippen LogP contribution in [-0.4, -0.2) is 32.3 Å². The topological polar surface area (TPSA) is 24.5 Å². The molecule has 0 aromatic heterocycles. The normalized spacial score (nSPS) is 13.3. The smallest absolute Gasteiger partial charge is 0.0663 e. The van der Waals surface area contributed by atoms with Crippen molar-refractivity contribution < 1.29 is 4.74 Å². The quantitative estimate of drug-likeness (QED) is 0.850. The summed E-state index contributed by atoms with van der Waals surface area (Å²) >= 11 is 3.67. The second-order valence-corrected chi connectivity index (χ2v) is 7.15. The van der Waals surface area contributed by atoms with E-state index in [2.05, 4.69) is 79.1 Å². The van der Waals surface area contributed by atoms with Crippen molar-refractivity contribution in [3.8, 4) is 0 Å². The summed E-state index contributed by atoms with van der Waals surface area (Å²) in [5.74, 6) is 0. The summed E-state index contributed by atoms with van der Waals surface area (Å²) in [6.07, 6.45) is 0. The summed E-state index contributed by atoms with van der Waals surface area (Å²) in [4.78, 5) is 2.23. The first-order valence-corrected chi connectivity index (χ1v) is 7.79. The second kappa shape index (κ2) is 7.43. The lowest BCUT2D eigenvalue weighted by atomic mass is 10.1. The van der Waals surface area contributed by atoms with E-state index in [9.17, 15) is 0 Å². The van der Waals surface area contributed by atoms with Gasteiger partial charge in [-0.1, -0.05) is 22.0 Å². The van der Waals surface area contributed by atoms with E-state index in [1.807, 2.05) is 0 Å². The molecule has 0 saturated heterocycles. The van der Waals surface area contributed by atoms with Crippen molar-refractivity contribution in [1.82, 2.24) is 5.32 Å². The van der Waals surface area contributed by atoms with Crippen LogP contribution in [0, 0.1) is 0 Å². The van der Waals surface area contributed by atoms with Crippen LogP contribution in [0.15, 0.2) is 22.7 Å². The van der Waals surface area contributed by atoms with Gasteiger partial charge >= 0.3 is 0 Å². The van der Waals surface area contributed by atoms with Crippen molar-refractivity contribution in [2.45, 2.75) is 45.8 Å². The molecule has 1 atom stereocenters. The van der Waals surface area contributed by atoms with E-state index in [-0.39, 0.29) is 5.54 Å². The van der Waals surface area contributed by atoms with E-state index in [0.29, 0.717) is 6.04 Å². The molecule has 1 N–H and O–H groups in total. The Bertz CT molecular complexity index is 429. The number of anilines is 1. The molecule has 20 heavy (non-hydrogen) atoms. The van der Waals surface area contributed by atoms with Crippen LogP contribution >= 0.6 is 15.9 Å². The first-order valence-electron chi connectivity index (χ1n) is 7.00. The average molecular weight is 343 g/mol. The summed E-state index contributed by atoms with van der Waals surface area (Å²) in [6.45, 7) is 10.3. The fourth-order valence-corrected chi connectivity index (χ4v) is 2.37. The number of rotatable bonds is 6. The molecule has 0 bridgehead atoms. The standard InChI is InChI=1S/C16H27BrN2O/c1-12(11-20-6)19(5)14-8-7-13(15(17)9-14)10-18-16(2,3)4/h7-9,12,18H,10-11H2,1-6H3. The summed E-state index contributed by atoms with van der Waals surface area (Å²) < 4.78 is 6.35. The molecular weight excluding hydrogens is 316 g/mol. The molecule has 3 nitrogen and oxygen atoms in total. The lowest BCUT2D eigenvalue weighted by Gasteiger charge is -2.27. The van der Waals surface area contributed by atoms with Gasteiger partial charge in [-0.25, -0.2) is 0 Å². The third kappa shape index (κ3) is 5.43. The van der Waals surface area contributed by atoms with Crippen molar-refractivity contribution in [3.63, 3.8) is 0 Å². The third-order valence-corrected chi connectivity index (χ3v) is 4.06. The molecule has 0 heterocycles. The predicted molar refractivity (Wildman–Crippen MR) is 90.5 cm³/mol. The number of benzene rings is 1. The number of hydrogen-bond donors (Lipinski definition) is 1. The Morgan fingerprint density at radius 2 is 2.00 bits per heavy atom. The van der Waals surface area contributed by atoms with E-state index >= 15 is 0 Å². The number of nitrogens with one attached hydrogen (secondary N) is 1. The molecule has 0 saturated carbocycles. The molecule has 0 spiro atoms. The monoisotopic (exact) mass is 342 g/mol. The molecule has 0 radical (unpaired) electrons. The fourth-order valence-electron chi connectivity index (χ4n) is 1.87. The maximum Gasteiger partial charge on any atom is 0.0663 e. The van der Waals surface area contributed by atoms with Gasteiger partial charge in [-0.3, -0.25) is 0 Å². The molecule has 1 unspecified atom stereocenters. The minimum atomic E-state index is 0.127. The highest BCUT2D eigenvalue weighted by Gasteiger charge is 2.13. The van der Waals surface area contributed by atoms with Gasteiger partial charge in [-0.2, -0.15) is 0 Å². The first kappa shape index (κ1) is 17.5. The largest absolute Gasteiger partial charge is 0.383 e. The highest BCUT2D eigenvalue weighted by Crippen LogP contribution is 2.25. The Labute approximate surface area is 131 Å². The van der Waals surface area contributed by atoms with Gasteiger partial charge in [-0.05, 0) is 45.4 Å². The molecule has 1 rings (SSSR count). The zero-order valence-electron chi connectivity index (χ0n) is 13.5. The van der Waals surface area contributed by atoms with Crippen LogP contribution in [0.5, 0.6) is 0 Å². The van der Waals surface area contributed by atoms with Gasteiger partial charge in [0, 0.05) is 42.4 Å². The Hall–Kier alpha value is -0.580. The van der Waals surface area contributed by atoms with Crippen molar-refractivity contribution in [1.29, 1.82) is 0 Å². The Morgan fingerprint density at radius 1 is 1.35 bits per heavy atom. The molecule has 0 amide bonds. The average Bonchev–Trinajstić information content (AvgIpc) is 2.35. The summed E-state index contributed by atoms with van der Waals surface area (Å²) in [7, 11) is 3.83. The van der Waals surface area contributed by atoms with Crippen LogP contribution in [0.1, 0.15) is 33.3 Å². The third-order valence-electron chi connectivity index (χ3n) is 3.32. The van der Waals surface area contributed by atoms with Crippen molar-refractivity contribution in [2.75, 3.05) is 25.7 Å². The second-order valence-electron chi connectivity index (χ2n) is 6.29. The molecule has 0 aliphatic heterocycles. The zero-order chi connectivity index (χ0) is 15.3. The van der Waals surface area contributed by atoms with E-state index < -0.39 is 0 Å². The number of hydrogen-bond acceptors (Lipinski definition) is 3. The maximum atomic E-state index is 5.21. The first-order chi connectivity index (χ1) is 9.24. The number of methoxy groups -OCH3 is 1. The highest BCUT2D eigenvalue weighted by molar-refractivity contribution is 9.10. The lowest BCUT2D eigenvalue weighted by Crippen LogP contribution is -2.35. The molecular formula is C16H27BrN2O. The Morgan fingerprint density at radius 3 is 2.50 bits per heavy atom. The van der Waals surface area contributed by atoms with Gasteiger partial charge in [0.25, 0.3) is 0 Å². The van der Waals surface area contributed by atoms with Gasteiger partial charge in [0.05, 0.1) is 6.61 Å². The van der Waals surface area contributed by atoms with Crippen molar-refractivity contribution >= 4 is 21.6 Å². The fraction of sp³-hybridized carbons (Fsp3) is 0.625. The van der Waals surface area contributed by atoms with Crippen LogP contribution in [0.4, 0.5) is 5.69 Å². The van der Waals surface area contributed by atoms with E-state index in [0.717, 1.165) is 17.6 Å². The lowest BCUT2D eigenvalue weighted by molar-refractivity contribution is 0.183. The van der Waals surface area contributed by atoms with Crippen molar-refractivity contribution in [3.05, 3.63) is 28.2 Å². The highest BCUT2D eigenvalue weighted by atomic mass is 79.9. The minimum absolute atomic E-state index is 0.127. The maximum absolute atomic E-state index is 5.21. The molecule has 1 aromatic rings. The van der Waals surface area contributed by atoms with Gasteiger partial charge in [-0.15, -0.1) is 0 Å². The minimum Gasteiger partial charge on any atom is -0.383 e. The Kier molecular flexibility index (Phi) is 6.49. The molecule has 114 valence electrons. The predicted octanol–water partition coefficient (Wildman–Crippen LogP) is 3.81. The number of nitrogens with zero attached hydrogens (tertiary/aromatic N) is 1. The van der Waals surface area contributed by atoms with Crippen LogP contribution in [0.3, 0.4) is 0 Å². The number of halogens is 1. The Balaban J connectivity index is 2.77. The van der Waals surface area contributed by atoms with Crippen molar-refractivity contribution in [2.24, 2.45) is 0 Å². The van der Waals surface area contributed by atoms with E-state index in [1.165, 1.54) is 11.3 Å². The van der Waals surface area contributed by atoms with E-state index in [1.54, 1.807) is 7.11 Å². The van der Waals surface area contributed by atoms with Gasteiger partial charge < -0.3 is 15.0 Å². The number of likely N-dealkylation sites (N-methyl/N-ethyl adjacent to an activating group) is 1. The van der Waals surface area contributed by atoms with Crippen LogP contribution in [0.25, 0.3) is 0 Å². The molecule has 0 fully saturated rings. The molecule has 4 heteroatoms. The van der Waals surface area contributed by atoms with Crippen LogP contribution < -0.4 is 10.2 Å². The van der Waals surface area contributed by atoms with Gasteiger partial charge in [0.15, 0.2) is 0 Å². The van der Waals surface area contributed by atoms with E-state index in [4.69, 9.17) is 4.74 Å². The molecule has 1 aromatic carbocycles.